The minimum Gasteiger partial charge on any atom is -0.479 e. The van der Waals surface area contributed by atoms with Crippen molar-refractivity contribution in [3.63, 3.8) is 0 Å². The molecule has 0 bridgehead atoms. The van der Waals surface area contributed by atoms with Gasteiger partial charge in [0.15, 0.2) is 5.82 Å². The van der Waals surface area contributed by atoms with Crippen LogP contribution in [-0.2, 0) is 13.2 Å². The number of nitrogens with zero attached hydrogens (tertiary/aromatic N) is 6. The van der Waals surface area contributed by atoms with E-state index in [0.29, 0.717) is 11.7 Å². The first kappa shape index (κ1) is 21.1. The van der Waals surface area contributed by atoms with Gasteiger partial charge in [0.2, 0.25) is 5.88 Å². The van der Waals surface area contributed by atoms with Crippen LogP contribution in [0.1, 0.15) is 52.9 Å². The third kappa shape index (κ3) is 4.17. The van der Waals surface area contributed by atoms with Gasteiger partial charge in [-0.15, -0.1) is 0 Å². The molecule has 0 aliphatic carbocycles. The van der Waals surface area contributed by atoms with Gasteiger partial charge in [0, 0.05) is 18.7 Å². The lowest BCUT2D eigenvalue weighted by atomic mass is 9.88. The lowest BCUT2D eigenvalue weighted by Crippen LogP contribution is -2.19. The molecule has 0 fully saturated rings. The van der Waals surface area contributed by atoms with Gasteiger partial charge in [-0.1, -0.05) is 24.3 Å². The number of aliphatic hydroxyl groups is 1. The summed E-state index contributed by atoms with van der Waals surface area (Å²) in [6.45, 7) is 2.81. The van der Waals surface area contributed by atoms with Crippen molar-refractivity contribution in [2.75, 3.05) is 7.11 Å². The molecule has 0 amide bonds. The number of methoxy groups -OCH3 is 1. The van der Waals surface area contributed by atoms with Gasteiger partial charge >= 0.3 is 0 Å². The van der Waals surface area contributed by atoms with Crippen LogP contribution in [0.4, 0.5) is 0 Å². The summed E-state index contributed by atoms with van der Waals surface area (Å²) in [4.78, 5) is 13.7. The Morgan fingerprint density at radius 2 is 2.03 bits per heavy atom. The highest BCUT2D eigenvalue weighted by atomic mass is 16.5. The molecule has 1 aliphatic heterocycles. The number of hydrogen-bond acceptors (Lipinski definition) is 6. The number of aliphatic hydroxyl groups excluding tert-OH is 1. The molecule has 168 valence electrons. The van der Waals surface area contributed by atoms with Gasteiger partial charge in [-0.2, -0.15) is 5.10 Å². The van der Waals surface area contributed by atoms with Gasteiger partial charge in [0.05, 0.1) is 31.4 Å². The van der Waals surface area contributed by atoms with Crippen molar-refractivity contribution in [2.24, 2.45) is 0 Å². The number of rotatable bonds is 6. The summed E-state index contributed by atoms with van der Waals surface area (Å²) in [5, 5.41) is 14.5. The van der Waals surface area contributed by atoms with E-state index < -0.39 is 0 Å². The number of pyridine rings is 1. The molecule has 1 N–H and O–H groups in total. The zero-order chi connectivity index (χ0) is 22.8. The van der Waals surface area contributed by atoms with Crippen molar-refractivity contribution >= 4 is 12.2 Å². The lowest BCUT2D eigenvalue weighted by Gasteiger charge is -2.24. The van der Waals surface area contributed by atoms with E-state index >= 15 is 0 Å². The average Bonchev–Trinajstić information content (AvgIpc) is 3.48. The molecule has 0 unspecified atom stereocenters. The normalized spacial score (nSPS) is 15.7. The topological polar surface area (TPSA) is 90.9 Å². The summed E-state index contributed by atoms with van der Waals surface area (Å²) >= 11 is 0. The first-order valence-electron chi connectivity index (χ1n) is 11.0. The zero-order valence-electron chi connectivity index (χ0n) is 18.7. The molecule has 33 heavy (non-hydrogen) atoms. The molecule has 4 heterocycles. The first-order chi connectivity index (χ1) is 16.2. The van der Waals surface area contributed by atoms with Crippen molar-refractivity contribution in [1.82, 2.24) is 29.3 Å². The Bertz CT molecular complexity index is 1310. The van der Waals surface area contributed by atoms with Gasteiger partial charge in [-0.25, -0.2) is 19.6 Å². The standard InChI is InChI=1S/C25H26N6O2/c1-17-14-30(16-26-17)22-11-9-19(27-25(22)33-2)10-12-23-28-24-21(8-5-13-31(24)29-23)20-7-4-3-6-18(20)15-32/h3-4,6-7,9-12,14,16,21,32H,5,8,13,15H2,1-2H3/t21-/m0/s1. The van der Waals surface area contributed by atoms with E-state index in [-0.39, 0.29) is 12.5 Å². The van der Waals surface area contributed by atoms with E-state index in [1.807, 2.05) is 64.9 Å². The van der Waals surface area contributed by atoms with Crippen molar-refractivity contribution in [2.45, 2.75) is 38.8 Å². The van der Waals surface area contributed by atoms with Crippen LogP contribution in [-0.4, -0.2) is 41.5 Å². The Labute approximate surface area is 192 Å². The second-order valence-corrected chi connectivity index (χ2v) is 8.12. The van der Waals surface area contributed by atoms with E-state index in [1.165, 1.54) is 0 Å². The summed E-state index contributed by atoms with van der Waals surface area (Å²) in [6.07, 6.45) is 9.46. The van der Waals surface area contributed by atoms with Crippen LogP contribution in [0.2, 0.25) is 0 Å². The minimum atomic E-state index is 0.0235. The molecule has 8 heteroatoms. The molecular formula is C25H26N6O2. The fourth-order valence-corrected chi connectivity index (χ4v) is 4.35. The molecule has 4 aromatic rings. The van der Waals surface area contributed by atoms with Crippen LogP contribution >= 0.6 is 0 Å². The van der Waals surface area contributed by atoms with Gasteiger partial charge in [-0.05, 0) is 55.2 Å². The number of aromatic nitrogens is 6. The number of aryl methyl sites for hydroxylation is 2. The Morgan fingerprint density at radius 3 is 2.82 bits per heavy atom. The largest absolute Gasteiger partial charge is 0.479 e. The van der Waals surface area contributed by atoms with Crippen LogP contribution in [0, 0.1) is 6.92 Å². The minimum absolute atomic E-state index is 0.0235. The predicted octanol–water partition coefficient (Wildman–Crippen LogP) is 3.76. The summed E-state index contributed by atoms with van der Waals surface area (Å²) in [5.74, 6) is 2.24. The number of ether oxygens (including phenoxy) is 1. The fraction of sp³-hybridized carbons (Fsp3) is 0.280. The summed E-state index contributed by atoms with van der Waals surface area (Å²) in [5.41, 5.74) is 4.58. The maximum atomic E-state index is 9.77. The summed E-state index contributed by atoms with van der Waals surface area (Å²) in [6, 6.07) is 11.9. The fourth-order valence-electron chi connectivity index (χ4n) is 4.35. The van der Waals surface area contributed by atoms with Crippen molar-refractivity contribution in [3.05, 3.63) is 83.1 Å². The number of imidazole rings is 1. The van der Waals surface area contributed by atoms with E-state index in [4.69, 9.17) is 14.8 Å². The summed E-state index contributed by atoms with van der Waals surface area (Å²) in [7, 11) is 1.61. The second-order valence-electron chi connectivity index (χ2n) is 8.12. The Kier molecular flexibility index (Phi) is 5.75. The van der Waals surface area contributed by atoms with E-state index in [9.17, 15) is 5.11 Å². The Balaban J connectivity index is 1.42. The predicted molar refractivity (Wildman–Crippen MR) is 125 cm³/mol. The average molecular weight is 443 g/mol. The van der Waals surface area contributed by atoms with E-state index in [0.717, 1.165) is 53.4 Å². The molecule has 0 radical (unpaired) electrons. The van der Waals surface area contributed by atoms with Crippen molar-refractivity contribution < 1.29 is 9.84 Å². The monoisotopic (exact) mass is 442 g/mol. The van der Waals surface area contributed by atoms with Gasteiger partial charge in [0.25, 0.3) is 0 Å². The zero-order valence-corrected chi connectivity index (χ0v) is 18.7. The maximum Gasteiger partial charge on any atom is 0.238 e. The molecule has 1 aliphatic rings. The molecule has 3 aromatic heterocycles. The smallest absolute Gasteiger partial charge is 0.238 e. The van der Waals surface area contributed by atoms with Gasteiger partial charge in [0.1, 0.15) is 11.5 Å². The summed E-state index contributed by atoms with van der Waals surface area (Å²) < 4.78 is 9.38. The number of hydrogen-bond donors (Lipinski definition) is 1. The molecule has 1 atom stereocenters. The third-order valence-corrected chi connectivity index (χ3v) is 5.94. The molecule has 5 rings (SSSR count). The SMILES string of the molecule is COc1nc(C=Cc2nc3n(n2)CCC[C@H]3c2ccccc2CO)ccc1-n1cnc(C)c1. The van der Waals surface area contributed by atoms with Crippen molar-refractivity contribution in [1.29, 1.82) is 0 Å². The molecule has 0 saturated heterocycles. The molecule has 0 saturated carbocycles. The molecular weight excluding hydrogens is 416 g/mol. The molecule has 8 nitrogen and oxygen atoms in total. The van der Waals surface area contributed by atoms with Crippen LogP contribution < -0.4 is 4.74 Å². The maximum absolute atomic E-state index is 9.77. The van der Waals surface area contributed by atoms with Crippen LogP contribution in [0.5, 0.6) is 5.88 Å². The molecule has 0 spiro atoms. The third-order valence-electron chi connectivity index (χ3n) is 5.94. The van der Waals surface area contributed by atoms with Gasteiger partial charge < -0.3 is 14.4 Å². The number of fused-ring (bicyclic) bond motifs is 1. The Hall–Kier alpha value is -3.78. The highest BCUT2D eigenvalue weighted by Gasteiger charge is 2.26. The molecule has 1 aromatic carbocycles. The van der Waals surface area contributed by atoms with Crippen molar-refractivity contribution in [3.8, 4) is 11.6 Å². The second kappa shape index (κ2) is 8.99. The van der Waals surface area contributed by atoms with Gasteiger partial charge in [-0.3, -0.25) is 0 Å². The Morgan fingerprint density at radius 1 is 1.15 bits per heavy atom. The lowest BCUT2D eigenvalue weighted by molar-refractivity contribution is 0.279. The van der Waals surface area contributed by atoms with E-state index in [2.05, 4.69) is 16.0 Å². The highest BCUT2D eigenvalue weighted by molar-refractivity contribution is 5.65. The van der Waals surface area contributed by atoms with E-state index in [1.54, 1.807) is 13.4 Å². The van der Waals surface area contributed by atoms with Crippen LogP contribution in [0.25, 0.3) is 17.8 Å². The number of benzene rings is 1. The van der Waals surface area contributed by atoms with Crippen LogP contribution in [0.3, 0.4) is 0 Å². The van der Waals surface area contributed by atoms with Crippen LogP contribution in [0.15, 0.2) is 48.9 Å². The first-order valence-corrected chi connectivity index (χ1v) is 11.0. The quantitative estimate of drug-likeness (QED) is 0.489. The highest BCUT2D eigenvalue weighted by Crippen LogP contribution is 2.34.